The number of amides is 2. The summed E-state index contributed by atoms with van der Waals surface area (Å²) in [5.41, 5.74) is 2.17. The molecule has 2 amide bonds. The highest BCUT2D eigenvalue weighted by atomic mass is 16.2. The number of rotatable bonds is 6. The summed E-state index contributed by atoms with van der Waals surface area (Å²) in [5, 5.41) is 13.8. The van der Waals surface area contributed by atoms with Crippen LogP contribution in [0.3, 0.4) is 0 Å². The smallest absolute Gasteiger partial charge is 0.266 e. The molecule has 3 rings (SSSR count). The number of aliphatic imine (C=N–C) groups is 1. The van der Waals surface area contributed by atoms with Crippen molar-refractivity contribution < 1.29 is 14.4 Å². The average molecular weight is 433 g/mol. The number of hydrogen-bond donors (Lipinski definition) is 3. The fourth-order valence-corrected chi connectivity index (χ4v) is 3.83. The van der Waals surface area contributed by atoms with Gasteiger partial charge in [-0.05, 0) is 43.9 Å². The molecule has 2 unspecified atom stereocenters. The number of carbonyl (C=O) groups is 3. The van der Waals surface area contributed by atoms with Crippen molar-refractivity contribution in [3.05, 3.63) is 65.7 Å². The van der Waals surface area contributed by atoms with Gasteiger partial charge in [0.05, 0.1) is 5.92 Å². The third-order valence-electron chi connectivity index (χ3n) is 5.73. The zero-order valence-corrected chi connectivity index (χ0v) is 18.4. The van der Waals surface area contributed by atoms with Crippen LogP contribution < -0.4 is 10.6 Å². The Morgan fingerprint density at radius 3 is 2.47 bits per heavy atom. The van der Waals surface area contributed by atoms with Crippen molar-refractivity contribution in [3.8, 4) is 0 Å². The van der Waals surface area contributed by atoms with Gasteiger partial charge in [-0.25, -0.2) is 0 Å². The number of para-hydroxylation sites is 1. The fourth-order valence-electron chi connectivity index (χ4n) is 3.83. The van der Waals surface area contributed by atoms with Crippen LogP contribution in [0.2, 0.25) is 0 Å². The second-order valence-corrected chi connectivity index (χ2v) is 7.86. The number of nitrogens with zero attached hydrogens (tertiary/aromatic N) is 1. The van der Waals surface area contributed by atoms with Crippen molar-refractivity contribution in [2.24, 2.45) is 10.9 Å². The average Bonchev–Trinajstić information content (AvgIpc) is 2.80. The molecule has 2 aromatic carbocycles. The predicted octanol–water partition coefficient (Wildman–Crippen LogP) is 3.45. The van der Waals surface area contributed by atoms with Gasteiger partial charge in [0, 0.05) is 24.0 Å². The highest BCUT2D eigenvalue weighted by Crippen LogP contribution is 2.25. The van der Waals surface area contributed by atoms with E-state index in [1.54, 1.807) is 43.3 Å². The van der Waals surface area contributed by atoms with E-state index in [2.05, 4.69) is 15.6 Å². The van der Waals surface area contributed by atoms with E-state index in [4.69, 9.17) is 5.41 Å². The lowest BCUT2D eigenvalue weighted by Crippen LogP contribution is -2.51. The van der Waals surface area contributed by atoms with E-state index in [1.165, 1.54) is 7.05 Å². The number of benzene rings is 2. The van der Waals surface area contributed by atoms with Crippen molar-refractivity contribution in [1.82, 2.24) is 5.32 Å². The molecule has 0 aliphatic heterocycles. The summed E-state index contributed by atoms with van der Waals surface area (Å²) in [6.45, 7) is 1.64. The van der Waals surface area contributed by atoms with E-state index in [-0.39, 0.29) is 11.5 Å². The molecular weight excluding hydrogens is 404 g/mol. The van der Waals surface area contributed by atoms with Gasteiger partial charge in [-0.15, -0.1) is 0 Å². The number of fused-ring (bicyclic) bond motifs is 1. The maximum absolute atomic E-state index is 13.2. The quantitative estimate of drug-likeness (QED) is 0.608. The summed E-state index contributed by atoms with van der Waals surface area (Å²) in [6.07, 6.45) is 2.87. The summed E-state index contributed by atoms with van der Waals surface area (Å²) >= 11 is 0. The predicted molar refractivity (Wildman–Crippen MR) is 126 cm³/mol. The number of Topliss-reactive ketones (excluding diaryl/α,β-unsaturated/α-hetero) is 1. The van der Waals surface area contributed by atoms with Gasteiger partial charge in [-0.3, -0.25) is 24.8 Å². The first kappa shape index (κ1) is 23.1. The molecule has 0 fully saturated rings. The lowest BCUT2D eigenvalue weighted by Gasteiger charge is -2.23. The van der Waals surface area contributed by atoms with Crippen LogP contribution in [0.1, 0.15) is 42.1 Å². The molecule has 0 bridgehead atoms. The minimum Gasteiger partial charge on any atom is -0.334 e. The molecule has 0 radical (unpaired) electrons. The standard InChI is InChI=1S/C25H28N4O3/c1-16(27-2)22(25(32)28-18-12-4-3-5-13-18)29-24(31)21(26)20-15-9-7-11-17-10-6-8-14-19(17)23(20)30/h3-6,8,10,12-14,20,22,26H,7,9,11,15H2,1-2H3,(H,28,32)(H,29,31). The van der Waals surface area contributed by atoms with Gasteiger partial charge in [0.25, 0.3) is 11.8 Å². The molecule has 166 valence electrons. The second-order valence-electron chi connectivity index (χ2n) is 7.86. The molecular formula is C25H28N4O3. The molecule has 3 N–H and O–H groups in total. The highest BCUT2D eigenvalue weighted by Gasteiger charge is 2.33. The van der Waals surface area contributed by atoms with Gasteiger partial charge in [0.15, 0.2) is 5.78 Å². The zero-order valence-electron chi connectivity index (χ0n) is 18.4. The number of aryl methyl sites for hydroxylation is 1. The number of hydrogen-bond acceptors (Lipinski definition) is 5. The van der Waals surface area contributed by atoms with E-state index in [9.17, 15) is 14.4 Å². The maximum atomic E-state index is 13.2. The minimum atomic E-state index is -1.05. The molecule has 0 spiro atoms. The van der Waals surface area contributed by atoms with Gasteiger partial charge in [0.1, 0.15) is 11.8 Å². The molecule has 0 saturated heterocycles. The van der Waals surface area contributed by atoms with Crippen molar-refractivity contribution in [1.29, 1.82) is 5.41 Å². The highest BCUT2D eigenvalue weighted by molar-refractivity contribution is 6.43. The minimum absolute atomic E-state index is 0.216. The molecule has 1 aliphatic rings. The topological polar surface area (TPSA) is 111 Å². The third kappa shape index (κ3) is 5.35. The fraction of sp³-hybridized carbons (Fsp3) is 0.320. The first-order valence-corrected chi connectivity index (χ1v) is 10.7. The number of ketones is 1. The summed E-state index contributed by atoms with van der Waals surface area (Å²) in [7, 11) is 1.53. The normalized spacial score (nSPS) is 17.4. The number of anilines is 1. The monoisotopic (exact) mass is 432 g/mol. The Labute approximate surface area is 187 Å². The van der Waals surface area contributed by atoms with E-state index in [0.29, 0.717) is 23.4 Å². The molecule has 7 heteroatoms. The largest absolute Gasteiger partial charge is 0.334 e. The number of nitrogens with one attached hydrogen (secondary N) is 3. The Hall–Kier alpha value is -3.61. The van der Waals surface area contributed by atoms with Crippen LogP contribution in [-0.2, 0) is 16.0 Å². The van der Waals surface area contributed by atoms with Crippen LogP contribution in [-0.4, -0.2) is 42.1 Å². The molecule has 2 aromatic rings. The molecule has 32 heavy (non-hydrogen) atoms. The Balaban J connectivity index is 1.78. The van der Waals surface area contributed by atoms with Crippen LogP contribution in [0.25, 0.3) is 0 Å². The summed E-state index contributed by atoms with van der Waals surface area (Å²) in [5.74, 6) is -2.26. The lowest BCUT2D eigenvalue weighted by atomic mass is 9.82. The van der Waals surface area contributed by atoms with Crippen LogP contribution >= 0.6 is 0 Å². The Morgan fingerprint density at radius 2 is 1.75 bits per heavy atom. The van der Waals surface area contributed by atoms with Crippen molar-refractivity contribution in [2.45, 2.75) is 38.6 Å². The maximum Gasteiger partial charge on any atom is 0.266 e. The summed E-state index contributed by atoms with van der Waals surface area (Å²) in [6, 6.07) is 15.2. The third-order valence-corrected chi connectivity index (χ3v) is 5.73. The molecule has 7 nitrogen and oxygen atoms in total. The summed E-state index contributed by atoms with van der Waals surface area (Å²) < 4.78 is 0. The Kier molecular flexibility index (Phi) is 7.65. The van der Waals surface area contributed by atoms with Crippen molar-refractivity contribution >= 4 is 34.7 Å². The first-order chi connectivity index (χ1) is 15.4. The van der Waals surface area contributed by atoms with Gasteiger partial charge in [0.2, 0.25) is 0 Å². The van der Waals surface area contributed by atoms with Crippen LogP contribution in [0.15, 0.2) is 59.6 Å². The van der Waals surface area contributed by atoms with E-state index >= 15 is 0 Å². The van der Waals surface area contributed by atoms with Gasteiger partial charge < -0.3 is 10.6 Å². The van der Waals surface area contributed by atoms with Gasteiger partial charge >= 0.3 is 0 Å². The zero-order chi connectivity index (χ0) is 23.1. The summed E-state index contributed by atoms with van der Waals surface area (Å²) in [4.78, 5) is 43.0. The van der Waals surface area contributed by atoms with Gasteiger partial charge in [-0.2, -0.15) is 0 Å². The number of carbonyl (C=O) groups excluding carboxylic acids is 3. The van der Waals surface area contributed by atoms with Gasteiger partial charge in [-0.1, -0.05) is 48.9 Å². The Morgan fingerprint density at radius 1 is 1.06 bits per heavy atom. The molecule has 0 aromatic heterocycles. The second kappa shape index (κ2) is 10.6. The lowest BCUT2D eigenvalue weighted by molar-refractivity contribution is -0.121. The van der Waals surface area contributed by atoms with Crippen LogP contribution in [0.5, 0.6) is 0 Å². The van der Waals surface area contributed by atoms with Crippen molar-refractivity contribution in [3.63, 3.8) is 0 Å². The Bertz CT molecular complexity index is 1050. The van der Waals surface area contributed by atoms with Crippen LogP contribution in [0, 0.1) is 11.3 Å². The van der Waals surface area contributed by atoms with Crippen molar-refractivity contribution in [2.75, 3.05) is 12.4 Å². The SMILES string of the molecule is CN=C(C)C(NC(=O)C(=N)C1CCCCc2ccccc2C1=O)C(=O)Nc1ccccc1. The van der Waals surface area contributed by atoms with E-state index in [0.717, 1.165) is 24.8 Å². The first-order valence-electron chi connectivity index (χ1n) is 10.7. The molecule has 0 heterocycles. The van der Waals surface area contributed by atoms with E-state index < -0.39 is 23.8 Å². The molecule has 2 atom stereocenters. The molecule has 1 aliphatic carbocycles. The molecule has 0 saturated carbocycles. The van der Waals surface area contributed by atoms with Crippen LogP contribution in [0.4, 0.5) is 5.69 Å². The van der Waals surface area contributed by atoms with E-state index in [1.807, 2.05) is 18.2 Å².